The molecule has 0 unspecified atom stereocenters. The van der Waals surface area contributed by atoms with E-state index >= 15 is 0 Å². The standard InChI is InChI=1S/C22H47N3.ClH/c23-17-11-12-18-24-19-13-16-22-25-20-14-9-7-5-3-1-2-4-6-8-10-15-21-25;/h24H,1-23H2;1H. The number of halogens is 1. The van der Waals surface area contributed by atoms with E-state index in [1.54, 1.807) is 0 Å². The van der Waals surface area contributed by atoms with Gasteiger partial charge >= 0.3 is 0 Å². The molecule has 0 aromatic rings. The minimum atomic E-state index is 0. The van der Waals surface area contributed by atoms with Crippen molar-refractivity contribution in [3.05, 3.63) is 0 Å². The van der Waals surface area contributed by atoms with Crippen molar-refractivity contribution >= 4 is 12.4 Å². The topological polar surface area (TPSA) is 41.3 Å². The van der Waals surface area contributed by atoms with Crippen LogP contribution in [0.25, 0.3) is 0 Å². The first-order chi connectivity index (χ1) is 12.4. The van der Waals surface area contributed by atoms with E-state index in [0.29, 0.717) is 0 Å². The molecule has 0 spiro atoms. The van der Waals surface area contributed by atoms with Gasteiger partial charge in [-0.1, -0.05) is 64.2 Å². The van der Waals surface area contributed by atoms with Crippen LogP contribution in [0.4, 0.5) is 0 Å². The summed E-state index contributed by atoms with van der Waals surface area (Å²) in [6, 6.07) is 0. The molecule has 1 fully saturated rings. The summed E-state index contributed by atoms with van der Waals surface area (Å²) in [7, 11) is 0. The van der Waals surface area contributed by atoms with Gasteiger partial charge in [-0.05, 0) is 77.8 Å². The van der Waals surface area contributed by atoms with E-state index in [0.717, 1.165) is 19.5 Å². The third-order valence-corrected chi connectivity index (χ3v) is 5.58. The average Bonchev–Trinajstić information content (AvgIpc) is 2.63. The normalized spacial score (nSPS) is 19.3. The van der Waals surface area contributed by atoms with Crippen LogP contribution in [0.15, 0.2) is 0 Å². The van der Waals surface area contributed by atoms with Gasteiger partial charge in [0, 0.05) is 0 Å². The largest absolute Gasteiger partial charge is 0.330 e. The zero-order valence-electron chi connectivity index (χ0n) is 17.5. The Kier molecular flexibility index (Phi) is 21.6. The monoisotopic (exact) mass is 389 g/mol. The lowest BCUT2D eigenvalue weighted by molar-refractivity contribution is 0.255. The van der Waals surface area contributed by atoms with Crippen molar-refractivity contribution in [2.24, 2.45) is 5.73 Å². The molecule has 3 N–H and O–H groups in total. The van der Waals surface area contributed by atoms with Crippen LogP contribution in [0.2, 0.25) is 0 Å². The summed E-state index contributed by atoms with van der Waals surface area (Å²) in [6.07, 6.45) is 22.5. The number of hydrogen-bond acceptors (Lipinski definition) is 3. The molecule has 0 bridgehead atoms. The minimum Gasteiger partial charge on any atom is -0.330 e. The Labute approximate surface area is 170 Å². The van der Waals surface area contributed by atoms with Crippen molar-refractivity contribution in [3.8, 4) is 0 Å². The Morgan fingerprint density at radius 3 is 1.46 bits per heavy atom. The third kappa shape index (κ3) is 17.6. The quantitative estimate of drug-likeness (QED) is 0.510. The third-order valence-electron chi connectivity index (χ3n) is 5.58. The maximum Gasteiger partial charge on any atom is -0.00183 e. The predicted octanol–water partition coefficient (Wildman–Crippen LogP) is 5.51. The smallest absolute Gasteiger partial charge is 0.00183 e. The Morgan fingerprint density at radius 1 is 0.577 bits per heavy atom. The first kappa shape index (κ1) is 26.2. The van der Waals surface area contributed by atoms with Gasteiger partial charge in [0.05, 0.1) is 0 Å². The number of rotatable bonds is 9. The van der Waals surface area contributed by atoms with Crippen LogP contribution in [0.3, 0.4) is 0 Å². The van der Waals surface area contributed by atoms with Crippen LogP contribution in [-0.2, 0) is 0 Å². The van der Waals surface area contributed by atoms with Crippen LogP contribution < -0.4 is 11.1 Å². The van der Waals surface area contributed by atoms with Gasteiger partial charge < -0.3 is 16.0 Å². The fourth-order valence-corrected chi connectivity index (χ4v) is 3.88. The zero-order chi connectivity index (χ0) is 17.8. The number of unbranched alkanes of at least 4 members (excludes halogenated alkanes) is 2. The van der Waals surface area contributed by atoms with Gasteiger partial charge in [-0.25, -0.2) is 0 Å². The predicted molar refractivity (Wildman–Crippen MR) is 119 cm³/mol. The van der Waals surface area contributed by atoms with E-state index in [-0.39, 0.29) is 12.4 Å². The summed E-state index contributed by atoms with van der Waals surface area (Å²) in [5, 5.41) is 3.56. The first-order valence-corrected chi connectivity index (χ1v) is 11.6. The number of nitrogens with zero attached hydrogens (tertiary/aromatic N) is 1. The SMILES string of the molecule is Cl.NCCCCNCCCCN1CCCCCCCCCCCCCC1. The molecule has 1 aliphatic rings. The fourth-order valence-electron chi connectivity index (χ4n) is 3.88. The second-order valence-corrected chi connectivity index (χ2v) is 8.04. The van der Waals surface area contributed by atoms with E-state index in [4.69, 9.17) is 5.73 Å². The summed E-state index contributed by atoms with van der Waals surface area (Å²) in [6.45, 7) is 7.13. The van der Waals surface area contributed by atoms with E-state index in [1.807, 2.05) is 0 Å². The highest BCUT2D eigenvalue weighted by Crippen LogP contribution is 2.14. The molecule has 1 heterocycles. The summed E-state index contributed by atoms with van der Waals surface area (Å²) in [5.41, 5.74) is 5.53. The molecule has 0 aliphatic carbocycles. The van der Waals surface area contributed by atoms with Crippen LogP contribution >= 0.6 is 12.4 Å². The van der Waals surface area contributed by atoms with Crippen molar-refractivity contribution in [3.63, 3.8) is 0 Å². The summed E-state index contributed by atoms with van der Waals surface area (Å²) < 4.78 is 0. The molecule has 1 aliphatic heterocycles. The molecule has 3 nitrogen and oxygen atoms in total. The van der Waals surface area contributed by atoms with Crippen LogP contribution in [0.5, 0.6) is 0 Å². The highest BCUT2D eigenvalue weighted by atomic mass is 35.5. The Bertz CT molecular complexity index is 248. The lowest BCUT2D eigenvalue weighted by Gasteiger charge is -2.22. The molecule has 0 aromatic carbocycles. The molecule has 4 heteroatoms. The van der Waals surface area contributed by atoms with Gasteiger partial charge in [0.15, 0.2) is 0 Å². The molecule has 1 saturated heterocycles. The number of nitrogens with two attached hydrogens (primary N) is 1. The van der Waals surface area contributed by atoms with Crippen molar-refractivity contribution in [1.29, 1.82) is 0 Å². The van der Waals surface area contributed by atoms with Gasteiger partial charge in [-0.15, -0.1) is 12.4 Å². The van der Waals surface area contributed by atoms with E-state index < -0.39 is 0 Å². The van der Waals surface area contributed by atoms with Crippen molar-refractivity contribution in [2.75, 3.05) is 39.3 Å². The van der Waals surface area contributed by atoms with Crippen LogP contribution in [0.1, 0.15) is 103 Å². The number of hydrogen-bond donors (Lipinski definition) is 2. The molecular weight excluding hydrogens is 342 g/mol. The van der Waals surface area contributed by atoms with E-state index in [9.17, 15) is 0 Å². The van der Waals surface area contributed by atoms with E-state index in [2.05, 4.69) is 10.2 Å². The summed E-state index contributed by atoms with van der Waals surface area (Å²) >= 11 is 0. The maximum absolute atomic E-state index is 5.53. The molecule has 1 rings (SSSR count). The second-order valence-electron chi connectivity index (χ2n) is 8.04. The molecular formula is C22H48ClN3. The van der Waals surface area contributed by atoms with Crippen molar-refractivity contribution in [1.82, 2.24) is 10.2 Å². The molecule has 0 amide bonds. The Balaban J connectivity index is 0.00000625. The molecule has 0 saturated carbocycles. The highest BCUT2D eigenvalue weighted by Gasteiger charge is 2.05. The lowest BCUT2D eigenvalue weighted by Crippen LogP contribution is -2.28. The van der Waals surface area contributed by atoms with Gasteiger partial charge in [-0.3, -0.25) is 0 Å². The maximum atomic E-state index is 5.53. The molecule has 0 radical (unpaired) electrons. The number of nitrogens with one attached hydrogen (secondary N) is 1. The second kappa shape index (κ2) is 21.5. The van der Waals surface area contributed by atoms with Gasteiger partial charge in [0.25, 0.3) is 0 Å². The molecule has 0 atom stereocenters. The first-order valence-electron chi connectivity index (χ1n) is 11.6. The zero-order valence-corrected chi connectivity index (χ0v) is 18.3. The average molecular weight is 390 g/mol. The molecule has 26 heavy (non-hydrogen) atoms. The minimum absolute atomic E-state index is 0. The fraction of sp³-hybridized carbons (Fsp3) is 1.00. The van der Waals surface area contributed by atoms with Crippen molar-refractivity contribution in [2.45, 2.75) is 103 Å². The van der Waals surface area contributed by atoms with E-state index in [1.165, 1.54) is 122 Å². The Hall–Kier alpha value is 0.170. The summed E-state index contributed by atoms with van der Waals surface area (Å²) in [5.74, 6) is 0. The summed E-state index contributed by atoms with van der Waals surface area (Å²) in [4.78, 5) is 2.76. The van der Waals surface area contributed by atoms with Crippen LogP contribution in [0, 0.1) is 0 Å². The Morgan fingerprint density at radius 2 is 1.00 bits per heavy atom. The van der Waals surface area contributed by atoms with Gasteiger partial charge in [0.2, 0.25) is 0 Å². The van der Waals surface area contributed by atoms with Crippen LogP contribution in [-0.4, -0.2) is 44.2 Å². The van der Waals surface area contributed by atoms with Gasteiger partial charge in [0.1, 0.15) is 0 Å². The highest BCUT2D eigenvalue weighted by molar-refractivity contribution is 5.85. The van der Waals surface area contributed by atoms with Gasteiger partial charge in [-0.2, -0.15) is 0 Å². The van der Waals surface area contributed by atoms with Crippen molar-refractivity contribution < 1.29 is 0 Å². The molecule has 0 aromatic heterocycles. The molecule has 158 valence electrons. The lowest BCUT2D eigenvalue weighted by atomic mass is 10.1.